The summed E-state index contributed by atoms with van der Waals surface area (Å²) in [6, 6.07) is 12.5. The molecule has 0 aliphatic rings. The van der Waals surface area contributed by atoms with E-state index >= 15 is 0 Å². The van der Waals surface area contributed by atoms with Gasteiger partial charge in [-0.15, -0.1) is 10.2 Å². The van der Waals surface area contributed by atoms with E-state index in [-0.39, 0.29) is 17.6 Å². The van der Waals surface area contributed by atoms with Crippen molar-refractivity contribution in [3.63, 3.8) is 0 Å². The summed E-state index contributed by atoms with van der Waals surface area (Å²) in [6.45, 7) is 2.33. The predicted molar refractivity (Wildman–Crippen MR) is 126 cm³/mol. The van der Waals surface area contributed by atoms with Crippen LogP contribution in [0, 0.1) is 6.92 Å². The van der Waals surface area contributed by atoms with Crippen molar-refractivity contribution >= 4 is 40.9 Å². The first kappa shape index (κ1) is 23.6. The molecule has 1 heterocycles. The Labute approximate surface area is 195 Å². The Morgan fingerprint density at radius 1 is 1.19 bits per heavy atom. The summed E-state index contributed by atoms with van der Waals surface area (Å²) in [5, 5.41) is 15.1. The summed E-state index contributed by atoms with van der Waals surface area (Å²) >= 11 is 7.27. The van der Waals surface area contributed by atoms with Gasteiger partial charge in [-0.3, -0.25) is 9.59 Å². The zero-order valence-electron chi connectivity index (χ0n) is 18.0. The molecule has 3 rings (SSSR count). The third kappa shape index (κ3) is 6.02. The van der Waals surface area contributed by atoms with Crippen LogP contribution in [0.4, 0.5) is 5.69 Å². The van der Waals surface area contributed by atoms with Gasteiger partial charge in [0.1, 0.15) is 11.6 Å². The summed E-state index contributed by atoms with van der Waals surface area (Å²) in [6.07, 6.45) is 0.521. The van der Waals surface area contributed by atoms with Gasteiger partial charge in [0.15, 0.2) is 5.16 Å². The van der Waals surface area contributed by atoms with Crippen LogP contribution in [0.3, 0.4) is 0 Å². The maximum atomic E-state index is 12.4. The second-order valence-corrected chi connectivity index (χ2v) is 8.34. The molecular formula is C22H24ClN5O3S. The first-order valence-corrected chi connectivity index (χ1v) is 11.2. The smallest absolute Gasteiger partial charge is 0.251 e. The molecule has 0 fully saturated rings. The van der Waals surface area contributed by atoms with Gasteiger partial charge < -0.3 is 19.9 Å². The molecule has 0 aliphatic carbocycles. The molecule has 2 N–H and O–H groups in total. The predicted octanol–water partition coefficient (Wildman–Crippen LogP) is 3.49. The molecule has 10 heteroatoms. The van der Waals surface area contributed by atoms with Crippen molar-refractivity contribution in [1.82, 2.24) is 20.1 Å². The minimum atomic E-state index is -0.217. The Morgan fingerprint density at radius 3 is 2.72 bits per heavy atom. The number of nitrogens with zero attached hydrogens (tertiary/aromatic N) is 3. The van der Waals surface area contributed by atoms with Crippen molar-refractivity contribution < 1.29 is 14.3 Å². The number of hydrogen-bond acceptors (Lipinski definition) is 6. The first-order chi connectivity index (χ1) is 15.4. The highest BCUT2D eigenvalue weighted by Gasteiger charge is 2.14. The van der Waals surface area contributed by atoms with Crippen molar-refractivity contribution in [3.8, 4) is 5.75 Å². The number of anilines is 1. The third-order valence-corrected chi connectivity index (χ3v) is 5.97. The number of aromatic nitrogens is 3. The molecule has 0 aliphatic heterocycles. The van der Waals surface area contributed by atoms with E-state index < -0.39 is 0 Å². The molecule has 1 aromatic heterocycles. The number of carbonyl (C=O) groups excluding carboxylic acids is 2. The summed E-state index contributed by atoms with van der Waals surface area (Å²) in [5.74, 6) is 1.06. The fourth-order valence-corrected chi connectivity index (χ4v) is 3.90. The normalized spacial score (nSPS) is 10.6. The van der Waals surface area contributed by atoms with Gasteiger partial charge in [-0.05, 0) is 36.8 Å². The number of rotatable bonds is 9. The molecule has 8 nitrogen and oxygen atoms in total. The number of benzene rings is 2. The average Bonchev–Trinajstić information content (AvgIpc) is 3.12. The maximum absolute atomic E-state index is 12.4. The molecule has 0 saturated heterocycles. The molecule has 0 spiro atoms. The van der Waals surface area contributed by atoms with Gasteiger partial charge in [0.2, 0.25) is 5.91 Å². The largest absolute Gasteiger partial charge is 0.495 e. The Bertz CT molecular complexity index is 1120. The lowest BCUT2D eigenvalue weighted by molar-refractivity contribution is -0.113. The van der Waals surface area contributed by atoms with Crippen LogP contribution in [0.25, 0.3) is 0 Å². The molecule has 32 heavy (non-hydrogen) atoms. The van der Waals surface area contributed by atoms with Crippen molar-refractivity contribution in [2.45, 2.75) is 18.5 Å². The van der Waals surface area contributed by atoms with Gasteiger partial charge in [-0.25, -0.2) is 0 Å². The lowest BCUT2D eigenvalue weighted by Gasteiger charge is -2.10. The van der Waals surface area contributed by atoms with E-state index in [4.69, 9.17) is 16.3 Å². The van der Waals surface area contributed by atoms with Crippen molar-refractivity contribution in [2.24, 2.45) is 7.05 Å². The van der Waals surface area contributed by atoms with E-state index in [1.54, 1.807) is 24.3 Å². The fourth-order valence-electron chi connectivity index (χ4n) is 2.99. The van der Waals surface area contributed by atoms with Crippen LogP contribution >= 0.6 is 23.4 Å². The second kappa shape index (κ2) is 11.0. The Balaban J connectivity index is 1.50. The van der Waals surface area contributed by atoms with E-state index in [2.05, 4.69) is 20.8 Å². The van der Waals surface area contributed by atoms with Crippen LogP contribution in [-0.2, 0) is 18.3 Å². The molecule has 2 amide bonds. The summed E-state index contributed by atoms with van der Waals surface area (Å²) in [5.41, 5.74) is 2.09. The molecule has 0 bridgehead atoms. The van der Waals surface area contributed by atoms with Gasteiger partial charge in [-0.1, -0.05) is 41.6 Å². The highest BCUT2D eigenvalue weighted by molar-refractivity contribution is 7.99. The molecular weight excluding hydrogens is 450 g/mol. The Hall–Kier alpha value is -3.04. The number of hydrogen-bond donors (Lipinski definition) is 2. The summed E-state index contributed by atoms with van der Waals surface area (Å²) < 4.78 is 7.06. The van der Waals surface area contributed by atoms with E-state index in [1.807, 2.05) is 36.7 Å². The van der Waals surface area contributed by atoms with Crippen LogP contribution in [0.2, 0.25) is 5.02 Å². The third-order valence-electron chi connectivity index (χ3n) is 4.72. The van der Waals surface area contributed by atoms with E-state index in [1.165, 1.54) is 18.9 Å². The van der Waals surface area contributed by atoms with Crippen LogP contribution in [0.5, 0.6) is 5.75 Å². The number of aryl methyl sites for hydroxylation is 1. The number of amides is 2. The zero-order chi connectivity index (χ0) is 23.1. The standard InChI is InChI=1S/C22H24ClN5O3S/c1-14-6-4-5-7-16(14)21(30)24-11-10-19-26-27-22(28(19)2)32-13-20(29)25-17-12-15(23)8-9-18(17)31-3/h4-9,12H,10-11,13H2,1-3H3,(H,24,30)(H,25,29). The second-order valence-electron chi connectivity index (χ2n) is 6.96. The van der Waals surface area contributed by atoms with Gasteiger partial charge >= 0.3 is 0 Å². The summed E-state index contributed by atoms with van der Waals surface area (Å²) in [4.78, 5) is 24.7. The molecule has 0 saturated carbocycles. The van der Waals surface area contributed by atoms with Gasteiger partial charge in [0, 0.05) is 30.6 Å². The van der Waals surface area contributed by atoms with E-state index in [0.29, 0.717) is 40.1 Å². The van der Waals surface area contributed by atoms with Crippen molar-refractivity contribution in [3.05, 3.63) is 64.4 Å². The molecule has 0 radical (unpaired) electrons. The van der Waals surface area contributed by atoms with Crippen LogP contribution in [-0.4, -0.2) is 46.0 Å². The number of thioether (sulfide) groups is 1. The number of halogens is 1. The van der Waals surface area contributed by atoms with Crippen molar-refractivity contribution in [2.75, 3.05) is 24.7 Å². The number of carbonyl (C=O) groups is 2. The van der Waals surface area contributed by atoms with Crippen LogP contribution < -0.4 is 15.4 Å². The molecule has 2 aromatic carbocycles. The zero-order valence-corrected chi connectivity index (χ0v) is 19.6. The highest BCUT2D eigenvalue weighted by atomic mass is 35.5. The molecule has 168 valence electrons. The minimum absolute atomic E-state index is 0.118. The number of ether oxygens (including phenoxy) is 1. The lowest BCUT2D eigenvalue weighted by atomic mass is 10.1. The SMILES string of the molecule is COc1ccc(Cl)cc1NC(=O)CSc1nnc(CCNC(=O)c2ccccc2C)n1C. The van der Waals surface area contributed by atoms with Gasteiger partial charge in [-0.2, -0.15) is 0 Å². The van der Waals surface area contributed by atoms with Gasteiger partial charge in [0.05, 0.1) is 18.6 Å². The van der Waals surface area contributed by atoms with E-state index in [0.717, 1.165) is 11.4 Å². The average molecular weight is 474 g/mol. The first-order valence-electron chi connectivity index (χ1n) is 9.87. The molecule has 0 atom stereocenters. The highest BCUT2D eigenvalue weighted by Crippen LogP contribution is 2.28. The fraction of sp³-hybridized carbons (Fsp3) is 0.273. The lowest BCUT2D eigenvalue weighted by Crippen LogP contribution is -2.27. The van der Waals surface area contributed by atoms with Crippen LogP contribution in [0.1, 0.15) is 21.7 Å². The van der Waals surface area contributed by atoms with Crippen LogP contribution in [0.15, 0.2) is 47.6 Å². The number of nitrogens with one attached hydrogen (secondary N) is 2. The quantitative estimate of drug-likeness (QED) is 0.462. The topological polar surface area (TPSA) is 98.1 Å². The minimum Gasteiger partial charge on any atom is -0.495 e. The maximum Gasteiger partial charge on any atom is 0.251 e. The van der Waals surface area contributed by atoms with Gasteiger partial charge in [0.25, 0.3) is 5.91 Å². The number of methoxy groups -OCH3 is 1. The van der Waals surface area contributed by atoms with Crippen molar-refractivity contribution in [1.29, 1.82) is 0 Å². The monoisotopic (exact) mass is 473 g/mol. The molecule has 0 unspecified atom stereocenters. The Morgan fingerprint density at radius 2 is 1.97 bits per heavy atom. The van der Waals surface area contributed by atoms with E-state index in [9.17, 15) is 9.59 Å². The molecule has 3 aromatic rings. The summed E-state index contributed by atoms with van der Waals surface area (Å²) in [7, 11) is 3.36. The Kier molecular flexibility index (Phi) is 8.13.